The van der Waals surface area contributed by atoms with Gasteiger partial charge in [-0.25, -0.2) is 9.59 Å². The number of urea groups is 1. The molecule has 0 radical (unpaired) electrons. The predicted octanol–water partition coefficient (Wildman–Crippen LogP) is -0.176. The van der Waals surface area contributed by atoms with Crippen LogP contribution in [0, 0.1) is 0 Å². The summed E-state index contributed by atoms with van der Waals surface area (Å²) < 4.78 is 0. The lowest BCUT2D eigenvalue weighted by Crippen LogP contribution is -2.55. The second kappa shape index (κ2) is 6.74. The summed E-state index contributed by atoms with van der Waals surface area (Å²) in [5.74, 6) is -1.35. The zero-order chi connectivity index (χ0) is 15.2. The van der Waals surface area contributed by atoms with Crippen LogP contribution < -0.4 is 10.6 Å². The second-order valence-electron chi connectivity index (χ2n) is 4.80. The van der Waals surface area contributed by atoms with Crippen molar-refractivity contribution in [3.63, 3.8) is 0 Å². The van der Waals surface area contributed by atoms with Crippen LogP contribution in [0.1, 0.15) is 5.56 Å². The van der Waals surface area contributed by atoms with E-state index in [4.69, 9.17) is 0 Å². The van der Waals surface area contributed by atoms with E-state index in [0.717, 1.165) is 5.56 Å². The fraction of sp³-hybridized carbons (Fsp3) is 0.357. The zero-order valence-electron chi connectivity index (χ0n) is 11.4. The lowest BCUT2D eigenvalue weighted by atomic mass is 10.1. The molecule has 1 aliphatic heterocycles. The zero-order valence-corrected chi connectivity index (χ0v) is 11.4. The third-order valence-corrected chi connectivity index (χ3v) is 3.20. The largest absolute Gasteiger partial charge is 0.480 e. The summed E-state index contributed by atoms with van der Waals surface area (Å²) in [6.07, 6.45) is 0.196. The Morgan fingerprint density at radius 2 is 2.05 bits per heavy atom. The van der Waals surface area contributed by atoms with Crippen molar-refractivity contribution < 1.29 is 19.5 Å². The van der Waals surface area contributed by atoms with E-state index in [2.05, 4.69) is 10.6 Å². The molecule has 0 aromatic heterocycles. The van der Waals surface area contributed by atoms with E-state index in [9.17, 15) is 19.5 Å². The molecular formula is C14H17N3O4. The molecule has 7 heteroatoms. The van der Waals surface area contributed by atoms with Gasteiger partial charge in [-0.05, 0) is 5.56 Å². The van der Waals surface area contributed by atoms with Crippen LogP contribution >= 0.6 is 0 Å². The molecule has 21 heavy (non-hydrogen) atoms. The number of carboxylic acids is 1. The Balaban J connectivity index is 1.97. The number of nitrogens with zero attached hydrogens (tertiary/aromatic N) is 1. The fourth-order valence-corrected chi connectivity index (χ4v) is 2.10. The first-order valence-electron chi connectivity index (χ1n) is 6.65. The Labute approximate surface area is 121 Å². The molecule has 0 bridgehead atoms. The number of aliphatic carboxylic acids is 1. The molecule has 1 atom stereocenters. The number of piperazine rings is 1. The fourth-order valence-electron chi connectivity index (χ4n) is 2.10. The van der Waals surface area contributed by atoms with Gasteiger partial charge in [-0.1, -0.05) is 30.3 Å². The number of nitrogens with one attached hydrogen (secondary N) is 2. The molecule has 0 spiro atoms. The summed E-state index contributed by atoms with van der Waals surface area (Å²) in [5, 5.41) is 14.3. The van der Waals surface area contributed by atoms with Crippen LogP contribution in [0.25, 0.3) is 0 Å². The molecule has 1 aromatic carbocycles. The second-order valence-corrected chi connectivity index (χ2v) is 4.80. The van der Waals surface area contributed by atoms with E-state index < -0.39 is 18.0 Å². The van der Waals surface area contributed by atoms with Gasteiger partial charge in [-0.3, -0.25) is 4.79 Å². The first-order chi connectivity index (χ1) is 10.1. The van der Waals surface area contributed by atoms with E-state index >= 15 is 0 Å². The number of carbonyl (C=O) groups excluding carboxylic acids is 2. The third kappa shape index (κ3) is 4.20. The Morgan fingerprint density at radius 3 is 2.67 bits per heavy atom. The van der Waals surface area contributed by atoms with Crippen LogP contribution in [-0.4, -0.2) is 53.6 Å². The van der Waals surface area contributed by atoms with Crippen molar-refractivity contribution >= 4 is 17.9 Å². The SMILES string of the molecule is O=C1CN(C(=O)NC(Cc2ccccc2)C(=O)O)CCN1. The van der Waals surface area contributed by atoms with E-state index in [-0.39, 0.29) is 18.9 Å². The van der Waals surface area contributed by atoms with Gasteiger partial charge in [0.05, 0.1) is 0 Å². The molecule has 7 nitrogen and oxygen atoms in total. The molecule has 112 valence electrons. The first-order valence-corrected chi connectivity index (χ1v) is 6.65. The maximum Gasteiger partial charge on any atom is 0.326 e. The van der Waals surface area contributed by atoms with Crippen LogP contribution in [0.5, 0.6) is 0 Å². The van der Waals surface area contributed by atoms with Gasteiger partial charge in [-0.15, -0.1) is 0 Å². The molecule has 1 aliphatic rings. The minimum Gasteiger partial charge on any atom is -0.480 e. The van der Waals surface area contributed by atoms with Crippen molar-refractivity contribution in [1.29, 1.82) is 0 Å². The molecular weight excluding hydrogens is 274 g/mol. The maximum atomic E-state index is 12.0. The van der Waals surface area contributed by atoms with Crippen LogP contribution in [-0.2, 0) is 16.0 Å². The Hall–Kier alpha value is -2.57. The summed E-state index contributed by atoms with van der Waals surface area (Å²) in [5.41, 5.74) is 0.821. The molecule has 1 heterocycles. The van der Waals surface area contributed by atoms with Crippen molar-refractivity contribution in [2.75, 3.05) is 19.6 Å². The third-order valence-electron chi connectivity index (χ3n) is 3.20. The Kier molecular flexibility index (Phi) is 4.76. The highest BCUT2D eigenvalue weighted by Gasteiger charge is 2.26. The summed E-state index contributed by atoms with van der Waals surface area (Å²) in [7, 11) is 0. The summed E-state index contributed by atoms with van der Waals surface area (Å²) in [6, 6.07) is 7.51. The van der Waals surface area contributed by atoms with Gasteiger partial charge in [0.2, 0.25) is 5.91 Å². The topological polar surface area (TPSA) is 98.7 Å². The molecule has 3 N–H and O–H groups in total. The van der Waals surface area contributed by atoms with Gasteiger partial charge in [0.1, 0.15) is 12.6 Å². The smallest absolute Gasteiger partial charge is 0.326 e. The highest BCUT2D eigenvalue weighted by molar-refractivity contribution is 5.87. The number of hydrogen-bond donors (Lipinski definition) is 3. The quantitative estimate of drug-likeness (QED) is 0.717. The lowest BCUT2D eigenvalue weighted by molar-refractivity contribution is -0.139. The number of benzene rings is 1. The standard InChI is InChI=1S/C14H17N3O4/c18-12-9-17(7-6-15-12)14(21)16-11(13(19)20)8-10-4-2-1-3-5-10/h1-5,11H,6-9H2,(H,15,18)(H,16,21)(H,19,20). The average Bonchev–Trinajstić information content (AvgIpc) is 2.47. The minimum atomic E-state index is -1.10. The van der Waals surface area contributed by atoms with Crippen molar-refractivity contribution in [3.8, 4) is 0 Å². The highest BCUT2D eigenvalue weighted by Crippen LogP contribution is 2.04. The van der Waals surface area contributed by atoms with E-state index in [1.54, 1.807) is 12.1 Å². The maximum absolute atomic E-state index is 12.0. The molecule has 1 aromatic rings. The predicted molar refractivity (Wildman–Crippen MR) is 74.7 cm³/mol. The summed E-state index contributed by atoms with van der Waals surface area (Å²) in [6.45, 7) is 0.696. The van der Waals surface area contributed by atoms with Crippen LogP contribution in [0.3, 0.4) is 0 Å². The van der Waals surface area contributed by atoms with Gasteiger partial charge in [0.15, 0.2) is 0 Å². The molecule has 3 amide bonds. The average molecular weight is 291 g/mol. The summed E-state index contributed by atoms with van der Waals surface area (Å²) >= 11 is 0. The van der Waals surface area contributed by atoms with Crippen LogP contribution in [0.15, 0.2) is 30.3 Å². The highest BCUT2D eigenvalue weighted by atomic mass is 16.4. The van der Waals surface area contributed by atoms with E-state index in [1.807, 2.05) is 18.2 Å². The van der Waals surface area contributed by atoms with Crippen LogP contribution in [0.2, 0.25) is 0 Å². The van der Waals surface area contributed by atoms with E-state index in [0.29, 0.717) is 13.1 Å². The number of rotatable bonds is 4. The van der Waals surface area contributed by atoms with Crippen LogP contribution in [0.4, 0.5) is 4.79 Å². The van der Waals surface area contributed by atoms with Gasteiger partial charge in [-0.2, -0.15) is 0 Å². The molecule has 0 aliphatic carbocycles. The Bertz CT molecular complexity index is 532. The van der Waals surface area contributed by atoms with Gasteiger partial charge in [0.25, 0.3) is 0 Å². The van der Waals surface area contributed by atoms with Crippen molar-refractivity contribution in [2.24, 2.45) is 0 Å². The first kappa shape index (κ1) is 14.8. The van der Waals surface area contributed by atoms with Crippen molar-refractivity contribution in [1.82, 2.24) is 15.5 Å². The molecule has 1 unspecified atom stereocenters. The van der Waals surface area contributed by atoms with E-state index in [1.165, 1.54) is 4.90 Å². The lowest BCUT2D eigenvalue weighted by Gasteiger charge is -2.28. The number of carbonyl (C=O) groups is 3. The minimum absolute atomic E-state index is 0.0521. The number of hydrogen-bond acceptors (Lipinski definition) is 3. The molecule has 2 rings (SSSR count). The number of carboxylic acid groups (broad SMARTS) is 1. The van der Waals surface area contributed by atoms with Gasteiger partial charge >= 0.3 is 12.0 Å². The monoisotopic (exact) mass is 291 g/mol. The molecule has 1 saturated heterocycles. The summed E-state index contributed by atoms with van der Waals surface area (Å²) in [4.78, 5) is 35.8. The number of amides is 3. The molecule has 1 fully saturated rings. The Morgan fingerprint density at radius 1 is 1.33 bits per heavy atom. The van der Waals surface area contributed by atoms with Gasteiger partial charge in [0, 0.05) is 19.5 Å². The normalized spacial score (nSPS) is 16.0. The molecule has 0 saturated carbocycles. The van der Waals surface area contributed by atoms with Crippen molar-refractivity contribution in [3.05, 3.63) is 35.9 Å². The van der Waals surface area contributed by atoms with Crippen molar-refractivity contribution in [2.45, 2.75) is 12.5 Å². The van der Waals surface area contributed by atoms with Gasteiger partial charge < -0.3 is 20.6 Å².